The molecule has 0 radical (unpaired) electrons. The molecule has 0 unspecified atom stereocenters. The first-order valence-electron chi connectivity index (χ1n) is 9.10. The van der Waals surface area contributed by atoms with Crippen LogP contribution in [-0.4, -0.2) is 44.8 Å². The summed E-state index contributed by atoms with van der Waals surface area (Å²) in [7, 11) is 0. The van der Waals surface area contributed by atoms with Gasteiger partial charge in [0.25, 0.3) is 5.91 Å². The Morgan fingerprint density at radius 2 is 2.03 bits per heavy atom. The van der Waals surface area contributed by atoms with Crippen LogP contribution in [0.5, 0.6) is 0 Å². The average molecular weight is 416 g/mol. The van der Waals surface area contributed by atoms with Gasteiger partial charge >= 0.3 is 12.0 Å². The summed E-state index contributed by atoms with van der Waals surface area (Å²) in [5, 5.41) is 15.5. The molecule has 9 nitrogen and oxygen atoms in total. The van der Waals surface area contributed by atoms with Gasteiger partial charge in [-0.15, -0.1) is 11.3 Å². The van der Waals surface area contributed by atoms with E-state index in [1.807, 2.05) is 6.92 Å². The number of carbonyl (C=O) groups excluding carboxylic acids is 3. The first kappa shape index (κ1) is 20.5. The summed E-state index contributed by atoms with van der Waals surface area (Å²) in [5.74, 6) is -2.28. The Morgan fingerprint density at radius 3 is 2.66 bits per heavy atom. The zero-order valence-corrected chi connectivity index (χ0v) is 16.4. The minimum Gasteiger partial charge on any atom is -0.476 e. The molecule has 0 saturated carbocycles. The van der Waals surface area contributed by atoms with Crippen molar-refractivity contribution in [1.82, 2.24) is 15.2 Å². The number of urea groups is 1. The fourth-order valence-corrected chi connectivity index (χ4v) is 3.74. The Hall–Kier alpha value is -3.27. The van der Waals surface area contributed by atoms with E-state index in [2.05, 4.69) is 15.6 Å². The fraction of sp³-hybridized carbons (Fsp3) is 0.316. The number of hydrogen-bond donors (Lipinski definition) is 3. The van der Waals surface area contributed by atoms with Crippen LogP contribution in [0.4, 0.5) is 9.93 Å². The lowest BCUT2D eigenvalue weighted by Crippen LogP contribution is -2.47. The molecule has 2 atom stereocenters. The Labute approximate surface area is 170 Å². The maximum Gasteiger partial charge on any atom is 0.355 e. The van der Waals surface area contributed by atoms with Crippen LogP contribution in [-0.2, 0) is 9.59 Å². The van der Waals surface area contributed by atoms with E-state index < -0.39 is 35.9 Å². The van der Waals surface area contributed by atoms with Gasteiger partial charge in [0.1, 0.15) is 12.1 Å². The molecule has 10 heteroatoms. The lowest BCUT2D eigenvalue weighted by molar-refractivity contribution is -0.134. The van der Waals surface area contributed by atoms with Crippen LogP contribution >= 0.6 is 11.3 Å². The van der Waals surface area contributed by atoms with Gasteiger partial charge in [0.2, 0.25) is 5.91 Å². The number of amides is 4. The number of carboxylic acids is 1. The number of nitrogens with zero attached hydrogens (tertiary/aromatic N) is 2. The highest BCUT2D eigenvalue weighted by Gasteiger charge is 2.45. The number of rotatable bonds is 8. The van der Waals surface area contributed by atoms with Crippen LogP contribution in [0.1, 0.15) is 48.3 Å². The van der Waals surface area contributed by atoms with Gasteiger partial charge in [0.15, 0.2) is 10.8 Å². The number of benzene rings is 1. The zero-order chi connectivity index (χ0) is 21.0. The topological polar surface area (TPSA) is 129 Å². The molecular weight excluding hydrogens is 396 g/mol. The van der Waals surface area contributed by atoms with E-state index in [0.717, 1.165) is 22.7 Å². The molecule has 29 heavy (non-hydrogen) atoms. The molecule has 1 aromatic carbocycles. The SMILES string of the molecule is CCCC[C@@H](C(=O)Nc1nc(C(=O)O)cs1)N1C(=O)N[C@@H](c2ccccc2)C1=O. The van der Waals surface area contributed by atoms with Crippen molar-refractivity contribution < 1.29 is 24.3 Å². The molecule has 1 fully saturated rings. The maximum absolute atomic E-state index is 12.9. The van der Waals surface area contributed by atoms with Crippen LogP contribution in [0.25, 0.3) is 0 Å². The quantitative estimate of drug-likeness (QED) is 0.568. The maximum atomic E-state index is 12.9. The van der Waals surface area contributed by atoms with Gasteiger partial charge in [-0.25, -0.2) is 19.5 Å². The summed E-state index contributed by atoms with van der Waals surface area (Å²) < 4.78 is 0. The van der Waals surface area contributed by atoms with Crippen molar-refractivity contribution in [3.8, 4) is 0 Å². The molecule has 152 valence electrons. The van der Waals surface area contributed by atoms with Crippen LogP contribution < -0.4 is 10.6 Å². The van der Waals surface area contributed by atoms with Crippen LogP contribution in [0.3, 0.4) is 0 Å². The van der Waals surface area contributed by atoms with Crippen molar-refractivity contribution in [2.45, 2.75) is 38.3 Å². The number of thiazole rings is 1. The number of aromatic carboxylic acids is 1. The summed E-state index contributed by atoms with van der Waals surface area (Å²) in [6.07, 6.45) is 1.69. The molecule has 1 saturated heterocycles. The summed E-state index contributed by atoms with van der Waals surface area (Å²) in [4.78, 5) is 54.1. The highest BCUT2D eigenvalue weighted by atomic mass is 32.1. The van der Waals surface area contributed by atoms with Gasteiger partial charge in [-0.2, -0.15) is 0 Å². The second-order valence-corrected chi connectivity index (χ2v) is 7.35. The molecule has 0 aliphatic carbocycles. The Bertz CT molecular complexity index is 930. The molecule has 2 heterocycles. The zero-order valence-electron chi connectivity index (χ0n) is 15.6. The molecular formula is C19H20N4O5S. The van der Waals surface area contributed by atoms with E-state index in [0.29, 0.717) is 18.4 Å². The number of hydrogen-bond acceptors (Lipinski definition) is 6. The third-order valence-corrected chi connectivity index (χ3v) is 5.26. The highest BCUT2D eigenvalue weighted by molar-refractivity contribution is 7.14. The Balaban J connectivity index is 1.81. The molecule has 4 amide bonds. The number of carboxylic acid groups (broad SMARTS) is 1. The monoisotopic (exact) mass is 416 g/mol. The van der Waals surface area contributed by atoms with Crippen LogP contribution in [0.15, 0.2) is 35.7 Å². The van der Waals surface area contributed by atoms with Crippen molar-refractivity contribution in [3.05, 3.63) is 47.0 Å². The van der Waals surface area contributed by atoms with Gasteiger partial charge in [-0.05, 0) is 12.0 Å². The lowest BCUT2D eigenvalue weighted by Gasteiger charge is -2.24. The molecule has 2 aromatic rings. The molecule has 1 aromatic heterocycles. The van der Waals surface area contributed by atoms with Gasteiger partial charge in [-0.1, -0.05) is 50.1 Å². The number of unbranched alkanes of at least 4 members (excludes halogenated alkanes) is 1. The van der Waals surface area contributed by atoms with Crippen LogP contribution in [0.2, 0.25) is 0 Å². The summed E-state index contributed by atoms with van der Waals surface area (Å²) in [6, 6.07) is 6.30. The number of anilines is 1. The van der Waals surface area contributed by atoms with Crippen molar-refractivity contribution >= 4 is 40.3 Å². The highest BCUT2D eigenvalue weighted by Crippen LogP contribution is 2.26. The Kier molecular flexibility index (Phi) is 6.23. The average Bonchev–Trinajstić information content (AvgIpc) is 3.28. The largest absolute Gasteiger partial charge is 0.476 e. The van der Waals surface area contributed by atoms with E-state index in [4.69, 9.17) is 5.11 Å². The molecule has 3 rings (SSSR count). The van der Waals surface area contributed by atoms with Crippen LogP contribution in [0, 0.1) is 0 Å². The number of carbonyl (C=O) groups is 4. The lowest BCUT2D eigenvalue weighted by atomic mass is 10.0. The first-order chi connectivity index (χ1) is 13.9. The number of imide groups is 1. The van der Waals surface area contributed by atoms with Crippen molar-refractivity contribution in [1.29, 1.82) is 0 Å². The van der Waals surface area contributed by atoms with E-state index in [1.54, 1.807) is 30.3 Å². The predicted octanol–water partition coefficient (Wildman–Crippen LogP) is 2.63. The molecule has 0 bridgehead atoms. The van der Waals surface area contributed by atoms with Crippen molar-refractivity contribution in [2.75, 3.05) is 5.32 Å². The second-order valence-electron chi connectivity index (χ2n) is 6.49. The second kappa shape index (κ2) is 8.82. The third kappa shape index (κ3) is 4.43. The molecule has 1 aliphatic heterocycles. The minimum atomic E-state index is -1.20. The molecule has 0 spiro atoms. The smallest absolute Gasteiger partial charge is 0.355 e. The first-order valence-corrected chi connectivity index (χ1v) is 9.98. The van der Waals surface area contributed by atoms with E-state index in [1.165, 1.54) is 5.38 Å². The van der Waals surface area contributed by atoms with Crippen molar-refractivity contribution in [2.24, 2.45) is 0 Å². The Morgan fingerprint density at radius 1 is 1.31 bits per heavy atom. The molecule has 3 N–H and O–H groups in total. The molecule has 1 aliphatic rings. The number of aromatic nitrogens is 1. The summed E-state index contributed by atoms with van der Waals surface area (Å²) >= 11 is 0.961. The van der Waals surface area contributed by atoms with Gasteiger partial charge in [0, 0.05) is 5.38 Å². The van der Waals surface area contributed by atoms with Crippen molar-refractivity contribution in [3.63, 3.8) is 0 Å². The van der Waals surface area contributed by atoms with E-state index in [9.17, 15) is 19.2 Å². The standard InChI is InChI=1S/C19H20N4O5S/c1-2-3-9-13(15(24)22-18-20-12(10-29-18)17(26)27)23-16(25)14(21-19(23)28)11-7-5-4-6-8-11/h4-8,10,13-14H,2-3,9H2,1H3,(H,21,28)(H,26,27)(H,20,22,24)/t13-,14-/m0/s1. The van der Waals surface area contributed by atoms with Gasteiger partial charge < -0.3 is 15.7 Å². The summed E-state index contributed by atoms with van der Waals surface area (Å²) in [5.41, 5.74) is 0.448. The van der Waals surface area contributed by atoms with E-state index in [-0.39, 0.29) is 10.8 Å². The normalized spacial score (nSPS) is 17.1. The fourth-order valence-electron chi connectivity index (χ4n) is 3.05. The minimum absolute atomic E-state index is 0.0977. The third-order valence-electron chi connectivity index (χ3n) is 4.50. The van der Waals surface area contributed by atoms with Gasteiger partial charge in [0.05, 0.1) is 0 Å². The predicted molar refractivity (Wildman–Crippen MR) is 106 cm³/mol. The van der Waals surface area contributed by atoms with Gasteiger partial charge in [-0.3, -0.25) is 9.59 Å². The summed E-state index contributed by atoms with van der Waals surface area (Å²) in [6.45, 7) is 1.94. The van der Waals surface area contributed by atoms with E-state index >= 15 is 0 Å². The number of nitrogens with one attached hydrogen (secondary N) is 2.